The molecule has 1 aliphatic rings. The molecule has 1 aromatic heterocycles. The first-order chi connectivity index (χ1) is 18.3. The van der Waals surface area contributed by atoms with Gasteiger partial charge in [-0.05, 0) is 37.1 Å². The first kappa shape index (κ1) is 29.8. The van der Waals surface area contributed by atoms with Crippen molar-refractivity contribution >= 4 is 33.4 Å². The predicted molar refractivity (Wildman–Crippen MR) is 150 cm³/mol. The number of nitrogens with zero attached hydrogens (tertiary/aromatic N) is 5. The van der Waals surface area contributed by atoms with E-state index in [2.05, 4.69) is 37.3 Å². The average molecular weight is 548 g/mol. The Bertz CT molecular complexity index is 1140. The molecule has 0 unspecified atom stereocenters. The molecule has 1 saturated heterocycles. The molecular formula is C26H41N7O4S. The van der Waals surface area contributed by atoms with Crippen LogP contribution in [-0.4, -0.2) is 97.6 Å². The van der Waals surface area contributed by atoms with E-state index in [9.17, 15) is 18.3 Å². The third-order valence-corrected chi connectivity index (χ3v) is 8.48. The van der Waals surface area contributed by atoms with Gasteiger partial charge in [-0.25, -0.2) is 13.4 Å². The Morgan fingerprint density at radius 2 is 1.79 bits per heavy atom. The Morgan fingerprint density at radius 1 is 1.08 bits per heavy atom. The van der Waals surface area contributed by atoms with Crippen LogP contribution in [0.5, 0.6) is 0 Å². The molecule has 0 radical (unpaired) electrons. The first-order valence-corrected chi connectivity index (χ1v) is 14.9. The molecule has 3 rings (SSSR count). The van der Waals surface area contributed by atoms with Crippen LogP contribution in [0.25, 0.3) is 0 Å². The highest BCUT2D eigenvalue weighted by atomic mass is 32.2. The summed E-state index contributed by atoms with van der Waals surface area (Å²) in [5.41, 5.74) is 0.829. The van der Waals surface area contributed by atoms with E-state index in [1.54, 1.807) is 12.1 Å². The lowest BCUT2D eigenvalue weighted by molar-refractivity contribution is 0.102. The lowest BCUT2D eigenvalue weighted by Gasteiger charge is -2.35. The van der Waals surface area contributed by atoms with Crippen LogP contribution >= 0.6 is 0 Å². The molecule has 1 fully saturated rings. The molecule has 1 amide bonds. The van der Waals surface area contributed by atoms with Crippen LogP contribution in [0.3, 0.4) is 0 Å². The second-order valence-corrected chi connectivity index (χ2v) is 11.2. The van der Waals surface area contributed by atoms with Crippen LogP contribution in [0, 0.1) is 0 Å². The largest absolute Gasteiger partial charge is 0.395 e. The summed E-state index contributed by atoms with van der Waals surface area (Å²) in [6, 6.07) is 6.22. The van der Waals surface area contributed by atoms with E-state index in [0.717, 1.165) is 38.9 Å². The number of hydrogen-bond acceptors (Lipinski definition) is 9. The molecule has 2 heterocycles. The summed E-state index contributed by atoms with van der Waals surface area (Å²) in [5, 5.41) is 15.3. The fourth-order valence-corrected chi connectivity index (χ4v) is 5.86. The lowest BCUT2D eigenvalue weighted by atomic mass is 10.2. The number of benzene rings is 1. The van der Waals surface area contributed by atoms with E-state index in [1.807, 2.05) is 13.8 Å². The second-order valence-electron chi connectivity index (χ2n) is 9.24. The van der Waals surface area contributed by atoms with E-state index >= 15 is 0 Å². The molecule has 2 aromatic rings. The van der Waals surface area contributed by atoms with Crippen LogP contribution in [0.1, 0.15) is 50.4 Å². The quantitative estimate of drug-likeness (QED) is 0.305. The van der Waals surface area contributed by atoms with Crippen molar-refractivity contribution in [1.82, 2.24) is 19.2 Å². The second kappa shape index (κ2) is 14.4. The highest BCUT2D eigenvalue weighted by molar-refractivity contribution is 7.89. The van der Waals surface area contributed by atoms with Gasteiger partial charge in [-0.15, -0.1) is 0 Å². The number of piperazine rings is 1. The summed E-state index contributed by atoms with van der Waals surface area (Å²) in [6.07, 6.45) is 4.30. The Hall–Kier alpha value is -2.80. The number of aromatic nitrogens is 2. The van der Waals surface area contributed by atoms with Crippen LogP contribution < -0.4 is 15.5 Å². The third-order valence-electron chi connectivity index (χ3n) is 6.49. The number of nitrogens with one attached hydrogen (secondary N) is 2. The van der Waals surface area contributed by atoms with E-state index in [4.69, 9.17) is 0 Å². The van der Waals surface area contributed by atoms with Gasteiger partial charge in [0, 0.05) is 64.2 Å². The molecule has 38 heavy (non-hydrogen) atoms. The Balaban J connectivity index is 1.79. The van der Waals surface area contributed by atoms with Crippen LogP contribution in [0.2, 0.25) is 0 Å². The fourth-order valence-electron chi connectivity index (χ4n) is 4.32. The molecule has 0 spiro atoms. The predicted octanol–water partition coefficient (Wildman–Crippen LogP) is 2.48. The zero-order valence-electron chi connectivity index (χ0n) is 22.7. The maximum Gasteiger partial charge on any atom is 0.261 e. The number of aliphatic hydroxyl groups excluding tert-OH is 1. The van der Waals surface area contributed by atoms with Crippen molar-refractivity contribution in [3.63, 3.8) is 0 Å². The van der Waals surface area contributed by atoms with Crippen molar-refractivity contribution in [3.05, 3.63) is 36.0 Å². The maximum atomic E-state index is 13.3. The number of aliphatic hydroxyl groups is 1. The number of hydrogen-bond donors (Lipinski definition) is 3. The van der Waals surface area contributed by atoms with Gasteiger partial charge in [0.2, 0.25) is 16.0 Å². The van der Waals surface area contributed by atoms with Gasteiger partial charge >= 0.3 is 0 Å². The van der Waals surface area contributed by atoms with Crippen LogP contribution in [-0.2, 0) is 10.0 Å². The topological polar surface area (TPSA) is 131 Å². The Morgan fingerprint density at radius 3 is 2.39 bits per heavy atom. The highest BCUT2D eigenvalue weighted by Crippen LogP contribution is 2.24. The normalized spacial score (nSPS) is 14.6. The first-order valence-electron chi connectivity index (χ1n) is 13.4. The summed E-state index contributed by atoms with van der Waals surface area (Å²) in [4.78, 5) is 26.8. The summed E-state index contributed by atoms with van der Waals surface area (Å²) in [6.45, 7) is 11.1. The molecule has 1 aliphatic heterocycles. The molecule has 0 aliphatic carbocycles. The fraction of sp³-hybridized carbons (Fsp3) is 0.577. The van der Waals surface area contributed by atoms with Gasteiger partial charge in [0.05, 0.1) is 11.5 Å². The number of carbonyl (C=O) groups excluding carboxylic acids is 1. The zero-order chi connectivity index (χ0) is 27.5. The van der Waals surface area contributed by atoms with Gasteiger partial charge in [0.15, 0.2) is 0 Å². The summed E-state index contributed by atoms with van der Waals surface area (Å²) in [7, 11) is -3.59. The van der Waals surface area contributed by atoms with E-state index in [-0.39, 0.29) is 17.4 Å². The van der Waals surface area contributed by atoms with E-state index in [1.165, 1.54) is 22.6 Å². The molecule has 0 atom stereocenters. The van der Waals surface area contributed by atoms with Gasteiger partial charge in [-0.3, -0.25) is 9.69 Å². The molecule has 0 saturated carbocycles. The standard InChI is InChI=1S/C26H41N7O4S/c1-4-7-12-27-26-28-20-23(24(30-26)32-16-14-31(15-17-32)18-19-34)25(35)29-21-8-10-22(11-9-21)38(36,37)33(6-3)13-5-2/h8-11,20,34H,4-7,12-19H2,1-3H3,(H,29,35)(H,27,28,30). The Labute approximate surface area is 226 Å². The van der Waals surface area contributed by atoms with Crippen molar-refractivity contribution in [2.75, 3.05) is 74.5 Å². The number of anilines is 3. The minimum Gasteiger partial charge on any atom is -0.395 e. The zero-order valence-corrected chi connectivity index (χ0v) is 23.5. The van der Waals surface area contributed by atoms with Gasteiger partial charge in [0.1, 0.15) is 11.4 Å². The molecule has 0 bridgehead atoms. The molecule has 3 N–H and O–H groups in total. The van der Waals surface area contributed by atoms with Crippen molar-refractivity contribution in [2.45, 2.75) is 44.9 Å². The summed E-state index contributed by atoms with van der Waals surface area (Å²) in [5.74, 6) is 0.664. The molecule has 11 nitrogen and oxygen atoms in total. The maximum absolute atomic E-state index is 13.3. The molecule has 210 valence electrons. The van der Waals surface area contributed by atoms with Crippen LogP contribution in [0.15, 0.2) is 35.4 Å². The summed E-state index contributed by atoms with van der Waals surface area (Å²) >= 11 is 0. The van der Waals surface area contributed by atoms with Crippen molar-refractivity contribution < 1.29 is 18.3 Å². The van der Waals surface area contributed by atoms with Crippen molar-refractivity contribution in [3.8, 4) is 0 Å². The molecule has 1 aromatic carbocycles. The lowest BCUT2D eigenvalue weighted by Crippen LogP contribution is -2.48. The van der Waals surface area contributed by atoms with Crippen molar-refractivity contribution in [1.29, 1.82) is 0 Å². The minimum atomic E-state index is -3.59. The molecular weight excluding hydrogens is 506 g/mol. The number of carbonyl (C=O) groups is 1. The number of rotatable bonds is 14. The average Bonchev–Trinajstić information content (AvgIpc) is 2.92. The van der Waals surface area contributed by atoms with Gasteiger partial charge in [0.25, 0.3) is 5.91 Å². The third kappa shape index (κ3) is 7.62. The van der Waals surface area contributed by atoms with Gasteiger partial charge < -0.3 is 20.6 Å². The monoisotopic (exact) mass is 547 g/mol. The van der Waals surface area contributed by atoms with Crippen molar-refractivity contribution in [2.24, 2.45) is 0 Å². The number of sulfonamides is 1. The SMILES string of the molecule is CCCCNc1ncc(C(=O)Nc2ccc(S(=O)(=O)N(CC)CCC)cc2)c(N2CCN(CCO)CC2)n1. The number of unbranched alkanes of at least 4 members (excludes halogenated alkanes) is 1. The highest BCUT2D eigenvalue weighted by Gasteiger charge is 2.25. The Kier molecular flexibility index (Phi) is 11.3. The van der Waals surface area contributed by atoms with Crippen LogP contribution in [0.4, 0.5) is 17.5 Å². The van der Waals surface area contributed by atoms with Gasteiger partial charge in [-0.2, -0.15) is 9.29 Å². The molecule has 12 heteroatoms. The van der Waals surface area contributed by atoms with E-state index < -0.39 is 10.0 Å². The number of β-amino-alcohol motifs (C(OH)–C–C–N with tert-alkyl or cyclic N) is 1. The minimum absolute atomic E-state index is 0.113. The van der Waals surface area contributed by atoms with Gasteiger partial charge in [-0.1, -0.05) is 27.2 Å². The smallest absolute Gasteiger partial charge is 0.261 e. The summed E-state index contributed by atoms with van der Waals surface area (Å²) < 4.78 is 27.3. The van der Waals surface area contributed by atoms with E-state index in [0.29, 0.717) is 55.7 Å². The number of amides is 1.